The van der Waals surface area contributed by atoms with Gasteiger partial charge in [-0.2, -0.15) is 0 Å². The zero-order chi connectivity index (χ0) is 28.8. The van der Waals surface area contributed by atoms with Crippen molar-refractivity contribution in [1.82, 2.24) is 9.97 Å². The number of aromatic amines is 1. The van der Waals surface area contributed by atoms with E-state index in [1.807, 2.05) is 84.9 Å². The van der Waals surface area contributed by atoms with Crippen LogP contribution in [0.3, 0.4) is 0 Å². The summed E-state index contributed by atoms with van der Waals surface area (Å²) in [7, 11) is 0. The van der Waals surface area contributed by atoms with E-state index in [2.05, 4.69) is 59.6 Å². The van der Waals surface area contributed by atoms with Crippen LogP contribution in [0.1, 0.15) is 0 Å². The Bertz CT molecular complexity index is 2250. The number of aromatic nitrogens is 3. The number of pyridine rings is 1. The van der Waals surface area contributed by atoms with Crippen LogP contribution in [-0.2, 0) is 0 Å². The monoisotopic (exact) mass is 558 g/mol. The quantitative estimate of drug-likeness (QED) is 0.212. The number of nitrogens with one attached hydrogen (secondary N) is 1. The van der Waals surface area contributed by atoms with Gasteiger partial charge in [0.05, 0.1) is 11.4 Å². The van der Waals surface area contributed by atoms with Crippen LogP contribution in [0.25, 0.3) is 77.5 Å². The van der Waals surface area contributed by atoms with Crippen LogP contribution in [0.5, 0.6) is 5.75 Å². The standard InChI is InChI=1S/C39H25N3O.Li/c43-38-33(20-17-26-15-9-21-40-37(26)38)36-31-16-8-7-14-28(31)22-30-23-29(18-19-32(30)36)35-24-34(25-10-3-1-4-11-25)41-39(42-35)27-12-5-2-6-13-27;/h1-24,43H;/q;+1. The van der Waals surface area contributed by atoms with Crippen LogP contribution in [0, 0.1) is 0 Å². The average Bonchev–Trinajstić information content (AvgIpc) is 3.08. The van der Waals surface area contributed by atoms with Gasteiger partial charge in [0.25, 0.3) is 0 Å². The van der Waals surface area contributed by atoms with Gasteiger partial charge in [-0.25, -0.2) is 15.0 Å². The molecule has 8 rings (SSSR count). The number of benzene rings is 6. The molecule has 0 bridgehead atoms. The molecule has 2 aromatic heterocycles. The summed E-state index contributed by atoms with van der Waals surface area (Å²) in [6.45, 7) is 0. The van der Waals surface area contributed by atoms with Crippen LogP contribution in [-0.4, -0.2) is 9.97 Å². The maximum atomic E-state index is 13.8. The van der Waals surface area contributed by atoms with Crippen molar-refractivity contribution < 1.29 is 29.0 Å². The van der Waals surface area contributed by atoms with E-state index in [-0.39, 0.29) is 24.6 Å². The predicted molar refractivity (Wildman–Crippen MR) is 172 cm³/mol. The zero-order valence-corrected chi connectivity index (χ0v) is 24.2. The second-order valence-corrected chi connectivity index (χ2v) is 10.7. The van der Waals surface area contributed by atoms with Gasteiger partial charge in [0.2, 0.25) is 5.52 Å². The van der Waals surface area contributed by atoms with Crippen LogP contribution >= 0.6 is 0 Å². The van der Waals surface area contributed by atoms with Crippen molar-refractivity contribution in [2.75, 3.05) is 0 Å². The largest absolute Gasteiger partial charge is 1.00 e. The van der Waals surface area contributed by atoms with Crippen LogP contribution < -0.4 is 29.0 Å². The van der Waals surface area contributed by atoms with Gasteiger partial charge in [-0.1, -0.05) is 103 Å². The summed E-state index contributed by atoms with van der Waals surface area (Å²) in [5.41, 5.74) is 6.94. The molecule has 0 fully saturated rings. The van der Waals surface area contributed by atoms with Crippen molar-refractivity contribution in [2.24, 2.45) is 0 Å². The summed E-state index contributed by atoms with van der Waals surface area (Å²) >= 11 is 0. The van der Waals surface area contributed by atoms with Crippen molar-refractivity contribution in [3.63, 3.8) is 0 Å². The molecule has 2 heterocycles. The molecule has 0 aliphatic heterocycles. The molecule has 0 unspecified atom stereocenters. The number of fused-ring (bicyclic) bond motifs is 3. The van der Waals surface area contributed by atoms with Crippen LogP contribution in [0.2, 0.25) is 0 Å². The first-order valence-corrected chi connectivity index (χ1v) is 14.3. The molecule has 0 saturated carbocycles. The topological polar surface area (TPSA) is 63.0 Å². The van der Waals surface area contributed by atoms with E-state index < -0.39 is 0 Å². The summed E-state index contributed by atoms with van der Waals surface area (Å²) in [4.78, 5) is 13.1. The third-order valence-corrected chi connectivity index (χ3v) is 8.04. The van der Waals surface area contributed by atoms with Crippen LogP contribution in [0.4, 0.5) is 0 Å². The van der Waals surface area contributed by atoms with Crippen molar-refractivity contribution in [2.45, 2.75) is 0 Å². The molecule has 0 atom stereocenters. The van der Waals surface area contributed by atoms with E-state index in [0.717, 1.165) is 60.6 Å². The molecule has 0 amide bonds. The normalized spacial score (nSPS) is 11.1. The third kappa shape index (κ3) is 4.81. The minimum Gasteiger partial charge on any atom is -0.868 e. The van der Waals surface area contributed by atoms with Crippen molar-refractivity contribution in [3.05, 3.63) is 146 Å². The fraction of sp³-hybridized carbons (Fsp3) is 0. The maximum absolute atomic E-state index is 13.8. The van der Waals surface area contributed by atoms with Gasteiger partial charge in [-0.05, 0) is 68.8 Å². The first kappa shape index (κ1) is 27.6. The van der Waals surface area contributed by atoms with Gasteiger partial charge in [-0.15, -0.1) is 0 Å². The van der Waals surface area contributed by atoms with Crippen molar-refractivity contribution in [3.8, 4) is 50.8 Å². The number of hydrogen-bond acceptors (Lipinski definition) is 3. The summed E-state index contributed by atoms with van der Waals surface area (Å²) in [5.74, 6) is 0.676. The molecule has 6 aromatic carbocycles. The fourth-order valence-corrected chi connectivity index (χ4v) is 5.96. The van der Waals surface area contributed by atoms with E-state index in [9.17, 15) is 5.11 Å². The van der Waals surface area contributed by atoms with Crippen LogP contribution in [0.15, 0.2) is 146 Å². The Morgan fingerprint density at radius 2 is 1.16 bits per heavy atom. The molecule has 0 radical (unpaired) electrons. The Morgan fingerprint density at radius 1 is 0.500 bits per heavy atom. The molecule has 8 aromatic rings. The summed E-state index contributed by atoms with van der Waals surface area (Å²) in [6.07, 6.45) is 1.80. The van der Waals surface area contributed by atoms with E-state index in [1.165, 1.54) is 0 Å². The minimum atomic E-state index is -0.00404. The van der Waals surface area contributed by atoms with Gasteiger partial charge in [0.15, 0.2) is 12.0 Å². The summed E-state index contributed by atoms with van der Waals surface area (Å²) in [5, 5.41) is 18.9. The predicted octanol–water partition coefficient (Wildman–Crippen LogP) is 5.50. The minimum absolute atomic E-state index is 0. The summed E-state index contributed by atoms with van der Waals surface area (Å²) < 4.78 is 0. The van der Waals surface area contributed by atoms with Gasteiger partial charge < -0.3 is 5.11 Å². The van der Waals surface area contributed by atoms with E-state index in [4.69, 9.17) is 9.97 Å². The zero-order valence-electron chi connectivity index (χ0n) is 24.2. The smallest absolute Gasteiger partial charge is 0.868 e. The maximum Gasteiger partial charge on any atom is 1.00 e. The molecule has 4 nitrogen and oxygen atoms in total. The van der Waals surface area contributed by atoms with E-state index >= 15 is 0 Å². The fourth-order valence-electron chi connectivity index (χ4n) is 5.96. The van der Waals surface area contributed by atoms with Gasteiger partial charge >= 0.3 is 18.9 Å². The first-order valence-electron chi connectivity index (χ1n) is 14.3. The molecule has 44 heavy (non-hydrogen) atoms. The van der Waals surface area contributed by atoms with Gasteiger partial charge in [-0.3, -0.25) is 0 Å². The van der Waals surface area contributed by atoms with Crippen molar-refractivity contribution >= 4 is 32.4 Å². The molecular formula is C39H25LiN3O+. The summed E-state index contributed by atoms with van der Waals surface area (Å²) in [6, 6.07) is 47.0. The Hall–Kier alpha value is -5.27. The number of H-pyrrole nitrogens is 1. The van der Waals surface area contributed by atoms with Crippen molar-refractivity contribution in [1.29, 1.82) is 0 Å². The molecule has 202 valence electrons. The number of rotatable bonds is 4. The Kier molecular flexibility index (Phi) is 7.16. The molecule has 0 saturated heterocycles. The first-order chi connectivity index (χ1) is 21.2. The Balaban J connectivity index is 0.00000312. The molecule has 0 aliphatic carbocycles. The molecular weight excluding hydrogens is 533 g/mol. The SMILES string of the molecule is [Li+].[O-]c1c(-c2c3ccccc3cc3cc(-c4cc(-c5ccccc5)nc(-c5ccccc5)n4)ccc23)ccc2ccc[nH+]c12. The second-order valence-electron chi connectivity index (χ2n) is 10.7. The average molecular weight is 559 g/mol. The second kappa shape index (κ2) is 11.4. The van der Waals surface area contributed by atoms with E-state index in [0.29, 0.717) is 16.9 Å². The third-order valence-electron chi connectivity index (χ3n) is 8.04. The van der Waals surface area contributed by atoms with Gasteiger partial charge in [0.1, 0.15) is 0 Å². The van der Waals surface area contributed by atoms with E-state index in [1.54, 1.807) is 6.20 Å². The Labute approximate surface area is 266 Å². The Morgan fingerprint density at radius 3 is 1.95 bits per heavy atom. The molecule has 1 N–H and O–H groups in total. The molecule has 0 aliphatic rings. The van der Waals surface area contributed by atoms with Gasteiger partial charge in [0, 0.05) is 28.1 Å². The number of hydrogen-bond donors (Lipinski definition) is 0. The molecule has 0 spiro atoms. The number of nitrogens with zero attached hydrogens (tertiary/aromatic N) is 2. The molecule has 5 heteroatoms.